The number of benzene rings is 3. The lowest BCUT2D eigenvalue weighted by Gasteiger charge is -2.44. The van der Waals surface area contributed by atoms with Crippen LogP contribution < -0.4 is 20.0 Å². The fourth-order valence-electron chi connectivity index (χ4n) is 10.5. The standard InChI is InChI=1S/C45H49ClN8O5/c1-29-45(16-21-53(29)35-7-4-31(28-47)38(46)27-35)14-19-50(20-15-45)32-5-2-30(3-6-32)42(57)52-24-22-51(23-25-52)33-12-17-49(18-13-33)34-8-9-36-37(26-34)44(59)54(43(36)58)39-10-11-40(55)48-41(39)56/h2-9,26-27,29,33,39H,10-25H2,1H3,(H,48,55,56)/t29-,39?/m1/s1. The van der Waals surface area contributed by atoms with Crippen molar-refractivity contribution in [1.29, 1.82) is 5.26 Å². The van der Waals surface area contributed by atoms with E-state index in [1.165, 1.54) is 0 Å². The molecule has 0 aliphatic carbocycles. The van der Waals surface area contributed by atoms with Crippen molar-refractivity contribution in [3.8, 4) is 6.07 Å². The van der Waals surface area contributed by atoms with E-state index in [2.05, 4.69) is 50.0 Å². The molecular weight excluding hydrogens is 768 g/mol. The normalized spacial score (nSPS) is 23.8. The average molecular weight is 817 g/mol. The monoisotopic (exact) mass is 816 g/mol. The highest BCUT2D eigenvalue weighted by molar-refractivity contribution is 6.32. The smallest absolute Gasteiger partial charge is 0.262 e. The molecule has 1 unspecified atom stereocenters. The second-order valence-corrected chi connectivity index (χ2v) is 17.4. The lowest BCUT2D eigenvalue weighted by molar-refractivity contribution is -0.136. The van der Waals surface area contributed by atoms with Crippen molar-refractivity contribution in [1.82, 2.24) is 20.0 Å². The van der Waals surface area contributed by atoms with E-state index in [9.17, 15) is 29.2 Å². The van der Waals surface area contributed by atoms with E-state index in [-0.39, 0.29) is 29.7 Å². The average Bonchev–Trinajstić information content (AvgIpc) is 3.71. The van der Waals surface area contributed by atoms with E-state index in [4.69, 9.17) is 11.6 Å². The van der Waals surface area contributed by atoms with Crippen LogP contribution in [0.15, 0.2) is 60.7 Å². The molecule has 0 aromatic heterocycles. The molecular formula is C45H49ClN8O5. The fourth-order valence-corrected chi connectivity index (χ4v) is 10.7. The Morgan fingerprint density at radius 3 is 2.07 bits per heavy atom. The van der Waals surface area contributed by atoms with Gasteiger partial charge in [0.05, 0.1) is 21.7 Å². The van der Waals surface area contributed by atoms with E-state index in [1.54, 1.807) is 12.1 Å². The van der Waals surface area contributed by atoms with Gasteiger partial charge < -0.3 is 19.6 Å². The van der Waals surface area contributed by atoms with Crippen molar-refractivity contribution in [3.63, 3.8) is 0 Å². The summed E-state index contributed by atoms with van der Waals surface area (Å²) in [5.74, 6) is -1.91. The number of anilines is 3. The van der Waals surface area contributed by atoms with E-state index < -0.39 is 29.7 Å². The summed E-state index contributed by atoms with van der Waals surface area (Å²) >= 11 is 6.38. The number of piperazine rings is 1. The number of rotatable bonds is 6. The summed E-state index contributed by atoms with van der Waals surface area (Å²) in [6, 6.07) is 21.2. The van der Waals surface area contributed by atoms with Crippen molar-refractivity contribution < 1.29 is 24.0 Å². The van der Waals surface area contributed by atoms with E-state index in [1.807, 2.05) is 41.3 Å². The number of fused-ring (bicyclic) bond motifs is 1. The highest BCUT2D eigenvalue weighted by Crippen LogP contribution is 2.47. The predicted molar refractivity (Wildman–Crippen MR) is 224 cm³/mol. The van der Waals surface area contributed by atoms with E-state index >= 15 is 0 Å². The molecule has 9 rings (SSSR count). The molecule has 6 aliphatic rings. The number of piperidine rings is 3. The van der Waals surface area contributed by atoms with Crippen LogP contribution in [0.5, 0.6) is 0 Å². The molecule has 6 heterocycles. The van der Waals surface area contributed by atoms with Crippen LogP contribution >= 0.6 is 11.6 Å². The topological polar surface area (TPSA) is 141 Å². The maximum absolute atomic E-state index is 13.6. The molecule has 0 radical (unpaired) electrons. The van der Waals surface area contributed by atoms with Crippen molar-refractivity contribution in [2.45, 2.75) is 70.0 Å². The first-order valence-corrected chi connectivity index (χ1v) is 21.4. The maximum atomic E-state index is 13.6. The van der Waals surface area contributed by atoms with Gasteiger partial charge in [-0.3, -0.25) is 39.1 Å². The molecule has 306 valence electrons. The van der Waals surface area contributed by atoms with Crippen LogP contribution in [0, 0.1) is 16.7 Å². The van der Waals surface area contributed by atoms with Crippen LogP contribution in [-0.4, -0.2) is 121 Å². The third-order valence-electron chi connectivity index (χ3n) is 14.2. The summed E-state index contributed by atoms with van der Waals surface area (Å²) in [5, 5.41) is 12.0. The fraction of sp³-hybridized carbons (Fsp3) is 0.467. The lowest BCUT2D eigenvalue weighted by atomic mass is 9.73. The largest absolute Gasteiger partial charge is 0.371 e. The predicted octanol–water partition coefficient (Wildman–Crippen LogP) is 4.93. The zero-order valence-corrected chi connectivity index (χ0v) is 34.1. The van der Waals surface area contributed by atoms with Crippen LogP contribution in [0.4, 0.5) is 17.1 Å². The van der Waals surface area contributed by atoms with Gasteiger partial charge in [0.25, 0.3) is 17.7 Å². The van der Waals surface area contributed by atoms with Crippen molar-refractivity contribution in [2.75, 3.05) is 73.6 Å². The van der Waals surface area contributed by atoms with Gasteiger partial charge in [-0.15, -0.1) is 0 Å². The molecule has 59 heavy (non-hydrogen) atoms. The summed E-state index contributed by atoms with van der Waals surface area (Å²) in [6.45, 7) is 9.87. The van der Waals surface area contributed by atoms with Crippen LogP contribution in [0.1, 0.15) is 88.5 Å². The molecule has 3 aromatic rings. The third kappa shape index (κ3) is 7.10. The van der Waals surface area contributed by atoms with Crippen LogP contribution in [0.2, 0.25) is 5.02 Å². The number of carbonyl (C=O) groups is 5. The minimum absolute atomic E-state index is 0.0761. The van der Waals surface area contributed by atoms with Gasteiger partial charge in [0.2, 0.25) is 11.8 Å². The first-order valence-electron chi connectivity index (χ1n) is 21.0. The number of nitrogens with zero attached hydrogens (tertiary/aromatic N) is 7. The Kier molecular flexibility index (Phi) is 10.3. The summed E-state index contributed by atoms with van der Waals surface area (Å²) < 4.78 is 0. The number of hydrogen-bond donors (Lipinski definition) is 1. The highest BCUT2D eigenvalue weighted by Gasteiger charge is 2.47. The summed E-state index contributed by atoms with van der Waals surface area (Å²) in [7, 11) is 0. The number of amides is 5. The Hall–Kier alpha value is -5.45. The minimum Gasteiger partial charge on any atom is -0.371 e. The number of nitriles is 1. The minimum atomic E-state index is -0.979. The van der Waals surface area contributed by atoms with Crippen molar-refractivity contribution in [3.05, 3.63) is 87.9 Å². The van der Waals surface area contributed by atoms with Gasteiger partial charge in [-0.05, 0) is 112 Å². The first kappa shape index (κ1) is 39.0. The number of halogens is 1. The summed E-state index contributed by atoms with van der Waals surface area (Å²) in [5.41, 5.74) is 5.17. The third-order valence-corrected chi connectivity index (χ3v) is 14.5. The van der Waals surface area contributed by atoms with Crippen LogP contribution in [-0.2, 0) is 9.59 Å². The van der Waals surface area contributed by atoms with Gasteiger partial charge in [-0.25, -0.2) is 0 Å². The summed E-state index contributed by atoms with van der Waals surface area (Å²) in [4.78, 5) is 76.8. The van der Waals surface area contributed by atoms with Gasteiger partial charge in [-0.2, -0.15) is 5.26 Å². The van der Waals surface area contributed by atoms with Crippen molar-refractivity contribution >= 4 is 58.2 Å². The molecule has 6 aliphatic heterocycles. The number of carbonyl (C=O) groups excluding carboxylic acids is 5. The first-order chi connectivity index (χ1) is 28.5. The van der Waals surface area contributed by atoms with Crippen LogP contribution in [0.25, 0.3) is 0 Å². The molecule has 14 heteroatoms. The lowest BCUT2D eigenvalue weighted by Crippen LogP contribution is -2.54. The number of nitrogens with one attached hydrogen (secondary N) is 1. The maximum Gasteiger partial charge on any atom is 0.262 e. The molecule has 5 fully saturated rings. The Bertz CT molecular complexity index is 2230. The van der Waals surface area contributed by atoms with Crippen LogP contribution in [0.3, 0.4) is 0 Å². The molecule has 13 nitrogen and oxygen atoms in total. The molecule has 2 atom stereocenters. The quantitative estimate of drug-likeness (QED) is 0.341. The van der Waals surface area contributed by atoms with Gasteiger partial charge in [0, 0.05) is 100 Å². The Labute approximate surface area is 349 Å². The Morgan fingerprint density at radius 2 is 1.39 bits per heavy atom. The SMILES string of the molecule is C[C@H]1N(c2ccc(C#N)c(Cl)c2)CCC12CCN(c1ccc(C(=O)N3CCN(C4CCN(c5ccc6c(c5)C(=O)N(C5CCC(=O)NC5=O)C6=O)CC4)CC3)cc1)CC2. The van der Waals surface area contributed by atoms with Gasteiger partial charge >= 0.3 is 0 Å². The van der Waals surface area contributed by atoms with Crippen molar-refractivity contribution in [2.24, 2.45) is 5.41 Å². The second-order valence-electron chi connectivity index (χ2n) is 17.0. The number of imide groups is 2. The zero-order valence-electron chi connectivity index (χ0n) is 33.4. The second kappa shape index (κ2) is 15.6. The molecule has 3 aromatic carbocycles. The van der Waals surface area contributed by atoms with Gasteiger partial charge in [-0.1, -0.05) is 11.6 Å². The molecule has 0 bridgehead atoms. The van der Waals surface area contributed by atoms with Gasteiger partial charge in [0.1, 0.15) is 12.1 Å². The zero-order chi connectivity index (χ0) is 41.0. The molecule has 1 spiro atoms. The molecule has 1 N–H and O–H groups in total. The Balaban J connectivity index is 0.737. The van der Waals surface area contributed by atoms with E-state index in [0.717, 1.165) is 105 Å². The summed E-state index contributed by atoms with van der Waals surface area (Å²) in [6.07, 6.45) is 5.45. The molecule has 5 saturated heterocycles. The van der Waals surface area contributed by atoms with Gasteiger partial charge in [0.15, 0.2) is 0 Å². The highest BCUT2D eigenvalue weighted by atomic mass is 35.5. The molecule has 5 amide bonds. The molecule has 0 saturated carbocycles. The number of hydrogen-bond acceptors (Lipinski definition) is 10. The Morgan fingerprint density at radius 1 is 0.746 bits per heavy atom. The van der Waals surface area contributed by atoms with E-state index in [0.29, 0.717) is 41.3 Å².